The first-order valence-corrected chi connectivity index (χ1v) is 8.90. The number of hydrogen-bond acceptors (Lipinski definition) is 4. The number of rotatable bonds is 4. The molecular formula is C18H18N2O3S. The lowest BCUT2D eigenvalue weighted by atomic mass is 10.2. The second-order valence-electron chi connectivity index (χ2n) is 5.58. The fourth-order valence-corrected chi connectivity index (χ4v) is 3.59. The van der Waals surface area contributed by atoms with Crippen LogP contribution in [0.5, 0.6) is 0 Å². The van der Waals surface area contributed by atoms with E-state index in [2.05, 4.69) is 4.98 Å². The van der Waals surface area contributed by atoms with E-state index in [-0.39, 0.29) is 4.90 Å². The van der Waals surface area contributed by atoms with Gasteiger partial charge < -0.3 is 4.42 Å². The van der Waals surface area contributed by atoms with Gasteiger partial charge in [-0.1, -0.05) is 12.1 Å². The number of oxazole rings is 1. The van der Waals surface area contributed by atoms with Gasteiger partial charge in [-0.2, -0.15) is 0 Å². The monoisotopic (exact) mass is 342 g/mol. The van der Waals surface area contributed by atoms with Crippen LogP contribution in [-0.2, 0) is 10.0 Å². The quantitative estimate of drug-likeness (QED) is 0.724. The Hall–Kier alpha value is -2.60. The smallest absolute Gasteiger partial charge is 0.264 e. The molecule has 0 amide bonds. The zero-order valence-corrected chi connectivity index (χ0v) is 14.5. The highest BCUT2D eigenvalue weighted by Crippen LogP contribution is 2.26. The first kappa shape index (κ1) is 16.3. The van der Waals surface area contributed by atoms with Crippen molar-refractivity contribution in [2.75, 3.05) is 11.4 Å². The molecule has 3 rings (SSSR count). The molecule has 0 saturated carbocycles. The molecule has 0 radical (unpaired) electrons. The van der Waals surface area contributed by atoms with Gasteiger partial charge in [0.1, 0.15) is 0 Å². The van der Waals surface area contributed by atoms with Gasteiger partial charge in [-0.25, -0.2) is 13.4 Å². The van der Waals surface area contributed by atoms with Crippen molar-refractivity contribution in [1.29, 1.82) is 0 Å². The number of aromatic nitrogens is 1. The Bertz CT molecular complexity index is 960. The van der Waals surface area contributed by atoms with E-state index in [0.29, 0.717) is 17.3 Å². The minimum atomic E-state index is -3.62. The van der Waals surface area contributed by atoms with Gasteiger partial charge in [-0.3, -0.25) is 4.31 Å². The highest BCUT2D eigenvalue weighted by molar-refractivity contribution is 7.92. The number of anilines is 1. The number of nitrogens with zero attached hydrogens (tertiary/aromatic N) is 2. The minimum Gasteiger partial charge on any atom is -0.441 e. The van der Waals surface area contributed by atoms with E-state index in [1.807, 2.05) is 25.1 Å². The molecule has 0 atom stereocenters. The van der Waals surface area contributed by atoms with Crippen molar-refractivity contribution in [1.82, 2.24) is 4.98 Å². The van der Waals surface area contributed by atoms with Gasteiger partial charge in [0.05, 0.1) is 16.8 Å². The predicted octanol–water partition coefficient (Wildman–Crippen LogP) is 3.78. The van der Waals surface area contributed by atoms with Gasteiger partial charge in [-0.15, -0.1) is 0 Å². The van der Waals surface area contributed by atoms with Gasteiger partial charge in [0.15, 0.2) is 11.7 Å². The Labute approximate surface area is 141 Å². The molecular weight excluding hydrogens is 324 g/mol. The van der Waals surface area contributed by atoms with E-state index < -0.39 is 10.0 Å². The van der Waals surface area contributed by atoms with Gasteiger partial charge in [-0.05, 0) is 48.9 Å². The van der Waals surface area contributed by atoms with Crippen molar-refractivity contribution in [3.8, 4) is 11.3 Å². The first-order valence-electron chi connectivity index (χ1n) is 7.46. The van der Waals surface area contributed by atoms with Crippen LogP contribution in [0.4, 0.5) is 5.69 Å². The van der Waals surface area contributed by atoms with Crippen LogP contribution in [0.25, 0.3) is 11.3 Å². The largest absolute Gasteiger partial charge is 0.441 e. The van der Waals surface area contributed by atoms with Crippen LogP contribution in [0.15, 0.2) is 64.0 Å². The van der Waals surface area contributed by atoms with Gasteiger partial charge in [0.2, 0.25) is 0 Å². The maximum atomic E-state index is 12.8. The molecule has 124 valence electrons. The summed E-state index contributed by atoms with van der Waals surface area (Å²) in [5.41, 5.74) is 2.42. The van der Waals surface area contributed by atoms with Crippen LogP contribution in [0.1, 0.15) is 11.5 Å². The molecule has 5 nitrogen and oxygen atoms in total. The lowest BCUT2D eigenvalue weighted by Gasteiger charge is -2.20. The molecule has 1 heterocycles. The first-order chi connectivity index (χ1) is 11.4. The normalized spacial score (nSPS) is 11.5. The highest BCUT2D eigenvalue weighted by Gasteiger charge is 2.21. The molecule has 0 N–H and O–H groups in total. The van der Waals surface area contributed by atoms with Gasteiger partial charge in [0, 0.05) is 19.5 Å². The van der Waals surface area contributed by atoms with Crippen molar-refractivity contribution >= 4 is 15.7 Å². The molecule has 0 bridgehead atoms. The van der Waals surface area contributed by atoms with E-state index in [1.54, 1.807) is 50.5 Å². The van der Waals surface area contributed by atoms with Crippen molar-refractivity contribution in [3.63, 3.8) is 0 Å². The highest BCUT2D eigenvalue weighted by atomic mass is 32.2. The number of hydrogen-bond donors (Lipinski definition) is 0. The Kier molecular flexibility index (Phi) is 4.15. The second kappa shape index (κ2) is 6.13. The van der Waals surface area contributed by atoms with E-state index in [1.165, 1.54) is 4.31 Å². The number of sulfonamides is 1. The SMILES string of the molecule is Cc1cccc(N(C)S(=O)(=O)c2ccc(-c3cnc(C)o3)cc2)c1. The summed E-state index contributed by atoms with van der Waals surface area (Å²) < 4.78 is 32.3. The molecule has 0 aliphatic rings. The summed E-state index contributed by atoms with van der Waals surface area (Å²) in [5.74, 6) is 1.18. The maximum absolute atomic E-state index is 12.8. The van der Waals surface area contributed by atoms with Gasteiger partial charge >= 0.3 is 0 Å². The van der Waals surface area contributed by atoms with Crippen molar-refractivity contribution < 1.29 is 12.8 Å². The molecule has 2 aromatic carbocycles. The zero-order chi connectivity index (χ0) is 17.3. The molecule has 0 spiro atoms. The summed E-state index contributed by atoms with van der Waals surface area (Å²) in [5, 5.41) is 0. The molecule has 0 aliphatic carbocycles. The number of aryl methyl sites for hydroxylation is 2. The predicted molar refractivity (Wildman–Crippen MR) is 93.4 cm³/mol. The standard InChI is InChI=1S/C18H18N2O3S/c1-13-5-4-6-16(11-13)20(3)24(21,22)17-9-7-15(8-10-17)18-12-19-14(2)23-18/h4-12H,1-3H3. The third kappa shape index (κ3) is 3.05. The summed E-state index contributed by atoms with van der Waals surface area (Å²) in [4.78, 5) is 4.28. The molecule has 6 heteroatoms. The van der Waals surface area contributed by atoms with E-state index in [9.17, 15) is 8.42 Å². The van der Waals surface area contributed by atoms with E-state index in [0.717, 1.165) is 11.1 Å². The Balaban J connectivity index is 1.92. The summed E-state index contributed by atoms with van der Waals surface area (Å²) >= 11 is 0. The summed E-state index contributed by atoms with van der Waals surface area (Å²) in [6, 6.07) is 14.0. The second-order valence-corrected chi connectivity index (χ2v) is 7.55. The van der Waals surface area contributed by atoms with E-state index in [4.69, 9.17) is 4.42 Å². The summed E-state index contributed by atoms with van der Waals surface area (Å²) in [7, 11) is -2.06. The third-order valence-corrected chi connectivity index (χ3v) is 5.58. The van der Waals surface area contributed by atoms with Crippen LogP contribution in [0.3, 0.4) is 0 Å². The zero-order valence-electron chi connectivity index (χ0n) is 13.7. The van der Waals surface area contributed by atoms with Crippen molar-refractivity contribution in [2.45, 2.75) is 18.7 Å². The number of benzene rings is 2. The van der Waals surface area contributed by atoms with Crippen LogP contribution in [0, 0.1) is 13.8 Å². The van der Waals surface area contributed by atoms with Crippen LogP contribution in [-0.4, -0.2) is 20.4 Å². The Morgan fingerprint density at radius 2 is 1.75 bits per heavy atom. The van der Waals surface area contributed by atoms with Gasteiger partial charge in [0.25, 0.3) is 10.0 Å². The minimum absolute atomic E-state index is 0.228. The molecule has 0 aliphatic heterocycles. The molecule has 0 fully saturated rings. The molecule has 1 aromatic heterocycles. The van der Waals surface area contributed by atoms with Crippen molar-refractivity contribution in [3.05, 3.63) is 66.2 Å². The lowest BCUT2D eigenvalue weighted by Crippen LogP contribution is -2.26. The average Bonchev–Trinajstić information content (AvgIpc) is 3.01. The Morgan fingerprint density at radius 3 is 2.33 bits per heavy atom. The topological polar surface area (TPSA) is 63.4 Å². The molecule has 24 heavy (non-hydrogen) atoms. The maximum Gasteiger partial charge on any atom is 0.264 e. The van der Waals surface area contributed by atoms with Crippen LogP contribution >= 0.6 is 0 Å². The Morgan fingerprint density at radius 1 is 1.04 bits per heavy atom. The molecule has 3 aromatic rings. The summed E-state index contributed by atoms with van der Waals surface area (Å²) in [6.45, 7) is 3.69. The van der Waals surface area contributed by atoms with E-state index >= 15 is 0 Å². The van der Waals surface area contributed by atoms with Crippen molar-refractivity contribution in [2.24, 2.45) is 0 Å². The summed E-state index contributed by atoms with van der Waals surface area (Å²) in [6.07, 6.45) is 1.62. The third-order valence-electron chi connectivity index (χ3n) is 3.78. The molecule has 0 saturated heterocycles. The lowest BCUT2D eigenvalue weighted by molar-refractivity contribution is 0.534. The van der Waals surface area contributed by atoms with Crippen LogP contribution in [0.2, 0.25) is 0 Å². The fraction of sp³-hybridized carbons (Fsp3) is 0.167. The fourth-order valence-electron chi connectivity index (χ4n) is 2.41. The molecule has 0 unspecified atom stereocenters. The average molecular weight is 342 g/mol. The van der Waals surface area contributed by atoms with Crippen LogP contribution < -0.4 is 4.31 Å².